The van der Waals surface area contributed by atoms with Crippen LogP contribution in [-0.2, 0) is 4.79 Å². The Balaban J connectivity index is 1.47. The molecule has 1 saturated heterocycles. The molecule has 0 aromatic carbocycles. The maximum absolute atomic E-state index is 12.9. The second-order valence-corrected chi connectivity index (χ2v) is 8.09. The maximum atomic E-state index is 12.9. The molecule has 4 aliphatic rings. The van der Waals surface area contributed by atoms with Crippen molar-refractivity contribution in [3.05, 3.63) is 22.4 Å². The highest BCUT2D eigenvalue weighted by atomic mass is 32.1. The summed E-state index contributed by atoms with van der Waals surface area (Å²) >= 11 is 1.73. The van der Waals surface area contributed by atoms with Crippen molar-refractivity contribution in [3.63, 3.8) is 0 Å². The molecule has 3 saturated carbocycles. The minimum absolute atomic E-state index is 0.0221. The monoisotopic (exact) mass is 302 g/mol. The largest absolute Gasteiger partial charge is 0.318 e. The van der Waals surface area contributed by atoms with Crippen LogP contribution in [0.4, 0.5) is 0 Å². The average Bonchev–Trinajstić information content (AvgIpc) is 3.02. The fourth-order valence-corrected chi connectivity index (χ4v) is 6.28. The minimum Gasteiger partial charge on any atom is -0.318 e. The quantitative estimate of drug-likeness (QED) is 0.931. The van der Waals surface area contributed by atoms with Gasteiger partial charge in [0.15, 0.2) is 0 Å². The summed E-state index contributed by atoms with van der Waals surface area (Å²) in [6.07, 6.45) is 5.30. The molecule has 1 aliphatic heterocycles. The number of carbonyl (C=O) groups is 1. The Kier molecular flexibility index (Phi) is 2.61. The molecule has 2 heterocycles. The lowest BCUT2D eigenvalue weighted by atomic mass is 10.0. The van der Waals surface area contributed by atoms with Gasteiger partial charge in [0, 0.05) is 6.04 Å². The number of amides is 1. The lowest BCUT2D eigenvalue weighted by Gasteiger charge is -2.26. The third-order valence-electron chi connectivity index (χ3n) is 6.47. The first-order chi connectivity index (χ1) is 10.3. The zero-order valence-electron chi connectivity index (χ0n) is 12.4. The van der Waals surface area contributed by atoms with E-state index in [0.29, 0.717) is 11.9 Å². The summed E-state index contributed by atoms with van der Waals surface area (Å²) in [6, 6.07) is 2.74. The molecule has 2 bridgehead atoms. The van der Waals surface area contributed by atoms with Crippen LogP contribution in [0.5, 0.6) is 0 Å². The molecule has 21 heavy (non-hydrogen) atoms. The molecule has 112 valence electrons. The van der Waals surface area contributed by atoms with Crippen LogP contribution in [-0.4, -0.2) is 22.9 Å². The number of thiophene rings is 1. The third kappa shape index (κ3) is 1.61. The summed E-state index contributed by atoms with van der Waals surface area (Å²) in [7, 11) is 0. The van der Waals surface area contributed by atoms with Gasteiger partial charge >= 0.3 is 0 Å². The summed E-state index contributed by atoms with van der Waals surface area (Å²) in [6.45, 7) is 2.11. The molecule has 4 heteroatoms. The standard InChI is InChI=1S/C17H22N2OS/c1-2-12-17(20)19(16(18-12)11-5-6-21-8-11)15-13-9-3-4-10(7-9)14(13)15/h5-6,8-10,12-16,18H,2-4,7H2,1H3. The minimum atomic E-state index is 0.0221. The van der Waals surface area contributed by atoms with Gasteiger partial charge in [0.25, 0.3) is 0 Å². The van der Waals surface area contributed by atoms with Crippen molar-refractivity contribution in [2.75, 3.05) is 0 Å². The molecule has 4 fully saturated rings. The van der Waals surface area contributed by atoms with E-state index in [1.165, 1.54) is 24.8 Å². The first kappa shape index (κ1) is 12.7. The SMILES string of the molecule is CCC1NC(c2ccsc2)N(C2C3C4CCC(C4)C32)C1=O. The van der Waals surface area contributed by atoms with Crippen LogP contribution in [0, 0.1) is 23.7 Å². The van der Waals surface area contributed by atoms with Gasteiger partial charge in [-0.1, -0.05) is 6.92 Å². The molecule has 1 N–H and O–H groups in total. The molecule has 3 aliphatic carbocycles. The molecule has 1 amide bonds. The van der Waals surface area contributed by atoms with E-state index in [4.69, 9.17) is 0 Å². The predicted octanol–water partition coefficient (Wildman–Crippen LogP) is 3.00. The topological polar surface area (TPSA) is 32.3 Å². The van der Waals surface area contributed by atoms with Gasteiger partial charge in [-0.25, -0.2) is 0 Å². The van der Waals surface area contributed by atoms with E-state index >= 15 is 0 Å². The Bertz CT molecular complexity index is 555. The van der Waals surface area contributed by atoms with E-state index in [2.05, 4.69) is 34.0 Å². The third-order valence-corrected chi connectivity index (χ3v) is 7.17. The molecule has 1 aromatic heterocycles. The van der Waals surface area contributed by atoms with Crippen molar-refractivity contribution in [3.8, 4) is 0 Å². The zero-order chi connectivity index (χ0) is 14.1. The van der Waals surface area contributed by atoms with Gasteiger partial charge in [-0.05, 0) is 71.7 Å². The lowest BCUT2D eigenvalue weighted by Crippen LogP contribution is -2.36. The Labute approximate surface area is 129 Å². The summed E-state index contributed by atoms with van der Waals surface area (Å²) in [5.74, 6) is 3.84. The normalized spacial score (nSPS) is 47.2. The van der Waals surface area contributed by atoms with E-state index in [1.807, 2.05) is 0 Å². The van der Waals surface area contributed by atoms with Crippen molar-refractivity contribution in [2.45, 2.75) is 50.9 Å². The van der Waals surface area contributed by atoms with Crippen LogP contribution in [0.1, 0.15) is 44.3 Å². The number of nitrogens with zero attached hydrogens (tertiary/aromatic N) is 1. The number of carbonyl (C=O) groups excluding carboxylic acids is 1. The predicted molar refractivity (Wildman–Crippen MR) is 82.7 cm³/mol. The number of hydrogen-bond acceptors (Lipinski definition) is 3. The molecular weight excluding hydrogens is 280 g/mol. The first-order valence-electron chi connectivity index (χ1n) is 8.40. The van der Waals surface area contributed by atoms with Gasteiger partial charge in [-0.2, -0.15) is 11.3 Å². The van der Waals surface area contributed by atoms with Crippen molar-refractivity contribution < 1.29 is 4.79 Å². The molecular formula is C17H22N2OS. The molecule has 0 radical (unpaired) electrons. The van der Waals surface area contributed by atoms with Gasteiger partial charge in [0.05, 0.1) is 6.04 Å². The van der Waals surface area contributed by atoms with Crippen molar-refractivity contribution >= 4 is 17.2 Å². The van der Waals surface area contributed by atoms with Crippen LogP contribution in [0.2, 0.25) is 0 Å². The second kappa shape index (κ2) is 4.32. The fraction of sp³-hybridized carbons (Fsp3) is 0.706. The Morgan fingerprint density at radius 3 is 2.71 bits per heavy atom. The lowest BCUT2D eigenvalue weighted by molar-refractivity contribution is -0.131. The summed E-state index contributed by atoms with van der Waals surface area (Å²) in [4.78, 5) is 15.1. The van der Waals surface area contributed by atoms with Gasteiger partial charge < -0.3 is 4.90 Å². The number of hydrogen-bond donors (Lipinski definition) is 1. The van der Waals surface area contributed by atoms with Gasteiger partial charge in [-0.3, -0.25) is 10.1 Å². The van der Waals surface area contributed by atoms with Crippen LogP contribution in [0.25, 0.3) is 0 Å². The maximum Gasteiger partial charge on any atom is 0.241 e. The second-order valence-electron chi connectivity index (χ2n) is 7.31. The Hall–Kier alpha value is -0.870. The number of fused-ring (bicyclic) bond motifs is 5. The Morgan fingerprint density at radius 2 is 2.10 bits per heavy atom. The summed E-state index contributed by atoms with van der Waals surface area (Å²) < 4.78 is 0. The van der Waals surface area contributed by atoms with Crippen LogP contribution in [0.3, 0.4) is 0 Å². The van der Waals surface area contributed by atoms with Crippen LogP contribution < -0.4 is 5.32 Å². The van der Waals surface area contributed by atoms with Crippen molar-refractivity contribution in [1.82, 2.24) is 10.2 Å². The zero-order valence-corrected chi connectivity index (χ0v) is 13.2. The first-order valence-corrected chi connectivity index (χ1v) is 9.34. The highest BCUT2D eigenvalue weighted by molar-refractivity contribution is 7.07. The summed E-state index contributed by atoms with van der Waals surface area (Å²) in [5, 5.41) is 7.91. The van der Waals surface area contributed by atoms with Gasteiger partial charge in [0.1, 0.15) is 6.17 Å². The van der Waals surface area contributed by atoms with Gasteiger partial charge in [-0.15, -0.1) is 0 Å². The highest BCUT2D eigenvalue weighted by Gasteiger charge is 2.69. The molecule has 3 nitrogen and oxygen atoms in total. The fourth-order valence-electron chi connectivity index (χ4n) is 5.60. The highest BCUT2D eigenvalue weighted by Crippen LogP contribution is 2.68. The summed E-state index contributed by atoms with van der Waals surface area (Å²) in [5.41, 5.74) is 1.28. The smallest absolute Gasteiger partial charge is 0.241 e. The molecule has 5 rings (SSSR count). The molecule has 1 aromatic rings. The van der Waals surface area contributed by atoms with Crippen LogP contribution in [0.15, 0.2) is 16.8 Å². The molecule has 6 atom stereocenters. The van der Waals surface area contributed by atoms with E-state index in [0.717, 1.165) is 30.1 Å². The van der Waals surface area contributed by atoms with Crippen molar-refractivity contribution in [2.24, 2.45) is 23.7 Å². The van der Waals surface area contributed by atoms with Gasteiger partial charge in [0.2, 0.25) is 5.91 Å². The van der Waals surface area contributed by atoms with E-state index in [1.54, 1.807) is 11.3 Å². The molecule has 6 unspecified atom stereocenters. The van der Waals surface area contributed by atoms with E-state index in [9.17, 15) is 4.79 Å². The number of rotatable bonds is 3. The average molecular weight is 302 g/mol. The van der Waals surface area contributed by atoms with E-state index < -0.39 is 0 Å². The Morgan fingerprint density at radius 1 is 1.33 bits per heavy atom. The van der Waals surface area contributed by atoms with Crippen molar-refractivity contribution in [1.29, 1.82) is 0 Å². The molecule has 0 spiro atoms. The number of nitrogens with one attached hydrogen (secondary N) is 1. The van der Waals surface area contributed by atoms with Crippen LogP contribution >= 0.6 is 11.3 Å². The van der Waals surface area contributed by atoms with E-state index in [-0.39, 0.29) is 12.2 Å².